The summed E-state index contributed by atoms with van der Waals surface area (Å²) in [6.07, 6.45) is 0. The maximum Gasteiger partial charge on any atom is 0.387 e. The summed E-state index contributed by atoms with van der Waals surface area (Å²) in [5.74, 6) is 0.965. The van der Waals surface area contributed by atoms with Gasteiger partial charge in [-0.2, -0.15) is 8.78 Å². The summed E-state index contributed by atoms with van der Waals surface area (Å²) in [5, 5.41) is 12.4. The number of nitrogens with zero attached hydrogens (tertiary/aromatic N) is 2. The Morgan fingerprint density at radius 3 is 2.50 bits per heavy atom. The molecule has 0 amide bonds. The van der Waals surface area contributed by atoms with Gasteiger partial charge in [-0.25, -0.2) is 9.48 Å². The molecule has 0 spiro atoms. The molecule has 0 saturated carbocycles. The summed E-state index contributed by atoms with van der Waals surface area (Å²) in [7, 11) is 0. The van der Waals surface area contributed by atoms with Gasteiger partial charge in [0.1, 0.15) is 11.4 Å². The number of aliphatic hydroxyl groups is 1. The van der Waals surface area contributed by atoms with E-state index in [1.807, 2.05) is 28.8 Å². The summed E-state index contributed by atoms with van der Waals surface area (Å²) < 4.78 is 32.1. The van der Waals surface area contributed by atoms with Gasteiger partial charge in [0, 0.05) is 15.8 Å². The second-order valence-electron chi connectivity index (χ2n) is 6.06. The van der Waals surface area contributed by atoms with Gasteiger partial charge in [0.2, 0.25) is 0 Å². The van der Waals surface area contributed by atoms with Crippen molar-refractivity contribution in [3.05, 3.63) is 58.6 Å². The van der Waals surface area contributed by atoms with E-state index in [0.29, 0.717) is 12.1 Å². The molecule has 0 aliphatic carbocycles. The molecule has 1 unspecified atom stereocenters. The van der Waals surface area contributed by atoms with Crippen molar-refractivity contribution < 1.29 is 23.2 Å². The lowest BCUT2D eigenvalue weighted by Gasteiger charge is -2.23. The van der Waals surface area contributed by atoms with Crippen LogP contribution in [-0.2, 0) is 5.72 Å². The first kappa shape index (κ1) is 17.8. The third-order valence-corrected chi connectivity index (χ3v) is 6.13. The molecule has 0 saturated heterocycles. The number of alkyl halides is 2. The number of β-amino-alcohol motifs (C(OH)–C–C–N with tert-alkyl or cyclic N) is 1. The first-order valence-corrected chi connectivity index (χ1v) is 9.83. The SMILES string of the molecule is OC1(c2ccc(OC(F)F)cc2)CN(c2ccc(Br)cc2)C2=[N+]1CCS2. The number of hydrogen-bond donors (Lipinski definition) is 1. The first-order valence-electron chi connectivity index (χ1n) is 8.05. The Morgan fingerprint density at radius 2 is 1.85 bits per heavy atom. The van der Waals surface area contributed by atoms with Crippen LogP contribution in [0.1, 0.15) is 5.56 Å². The van der Waals surface area contributed by atoms with Crippen molar-refractivity contribution in [2.24, 2.45) is 0 Å². The number of ether oxygens (including phenoxy) is 1. The molecule has 2 aliphatic heterocycles. The van der Waals surface area contributed by atoms with Crippen LogP contribution in [0, 0.1) is 0 Å². The quantitative estimate of drug-likeness (QED) is 0.731. The average molecular weight is 442 g/mol. The highest BCUT2D eigenvalue weighted by Crippen LogP contribution is 2.38. The number of amidine groups is 1. The third-order valence-electron chi connectivity index (χ3n) is 4.51. The number of halogens is 3. The number of benzene rings is 2. The minimum atomic E-state index is -2.86. The van der Waals surface area contributed by atoms with Crippen LogP contribution in [0.4, 0.5) is 14.5 Å². The van der Waals surface area contributed by atoms with Crippen molar-refractivity contribution >= 4 is 38.5 Å². The van der Waals surface area contributed by atoms with Crippen molar-refractivity contribution in [3.63, 3.8) is 0 Å². The van der Waals surface area contributed by atoms with Gasteiger partial charge in [-0.05, 0) is 60.3 Å². The van der Waals surface area contributed by atoms with Crippen LogP contribution >= 0.6 is 27.7 Å². The van der Waals surface area contributed by atoms with Gasteiger partial charge in [-0.3, -0.25) is 0 Å². The maximum absolute atomic E-state index is 12.3. The van der Waals surface area contributed by atoms with Crippen LogP contribution in [-0.4, -0.2) is 40.3 Å². The van der Waals surface area contributed by atoms with Crippen LogP contribution in [0.25, 0.3) is 0 Å². The number of hydrogen-bond acceptors (Lipinski definition) is 4. The summed E-state index contributed by atoms with van der Waals surface area (Å²) in [6, 6.07) is 14.1. The van der Waals surface area contributed by atoms with Crippen molar-refractivity contribution in [1.82, 2.24) is 0 Å². The molecule has 2 aromatic rings. The Morgan fingerprint density at radius 1 is 1.15 bits per heavy atom. The second kappa shape index (κ2) is 6.83. The van der Waals surface area contributed by atoms with E-state index in [-0.39, 0.29) is 5.75 Å². The molecule has 0 bridgehead atoms. The van der Waals surface area contributed by atoms with E-state index in [2.05, 4.69) is 25.6 Å². The smallest absolute Gasteiger partial charge is 0.387 e. The zero-order chi connectivity index (χ0) is 18.3. The average Bonchev–Trinajstić information content (AvgIpc) is 3.20. The minimum Gasteiger partial charge on any atom is -0.435 e. The molecule has 0 aromatic heterocycles. The van der Waals surface area contributed by atoms with Crippen molar-refractivity contribution in [2.75, 3.05) is 23.7 Å². The highest BCUT2D eigenvalue weighted by Gasteiger charge is 2.54. The topological polar surface area (TPSA) is 35.7 Å². The van der Waals surface area contributed by atoms with E-state index >= 15 is 0 Å². The fourth-order valence-corrected chi connectivity index (χ4v) is 4.76. The highest BCUT2D eigenvalue weighted by molar-refractivity contribution is 9.10. The Kier molecular flexibility index (Phi) is 4.66. The number of rotatable bonds is 4. The van der Waals surface area contributed by atoms with Gasteiger partial charge >= 0.3 is 11.8 Å². The molecule has 2 aliphatic rings. The van der Waals surface area contributed by atoms with E-state index in [0.717, 1.165) is 27.6 Å². The van der Waals surface area contributed by atoms with Gasteiger partial charge in [0.05, 0.1) is 6.54 Å². The third kappa shape index (κ3) is 3.10. The molecule has 4 nitrogen and oxygen atoms in total. The lowest BCUT2D eigenvalue weighted by molar-refractivity contribution is -0.650. The summed E-state index contributed by atoms with van der Waals surface area (Å²) in [6.45, 7) is -1.77. The lowest BCUT2D eigenvalue weighted by atomic mass is 10.0. The number of thioether (sulfide) groups is 1. The summed E-state index contributed by atoms with van der Waals surface area (Å²) >= 11 is 5.14. The van der Waals surface area contributed by atoms with E-state index in [1.165, 1.54) is 12.1 Å². The highest BCUT2D eigenvalue weighted by atomic mass is 79.9. The van der Waals surface area contributed by atoms with E-state index < -0.39 is 12.3 Å². The van der Waals surface area contributed by atoms with Crippen LogP contribution in [0.5, 0.6) is 5.75 Å². The zero-order valence-corrected chi connectivity index (χ0v) is 16.0. The molecule has 1 N–H and O–H groups in total. The molecule has 8 heteroatoms. The fraction of sp³-hybridized carbons (Fsp3) is 0.278. The van der Waals surface area contributed by atoms with Crippen LogP contribution in [0.3, 0.4) is 0 Å². The summed E-state index contributed by atoms with van der Waals surface area (Å²) in [5.41, 5.74) is 0.435. The van der Waals surface area contributed by atoms with E-state index in [1.54, 1.807) is 23.9 Å². The molecule has 26 heavy (non-hydrogen) atoms. The predicted molar refractivity (Wildman–Crippen MR) is 101 cm³/mol. The maximum atomic E-state index is 12.3. The molecule has 136 valence electrons. The molecular weight excluding hydrogens is 426 g/mol. The predicted octanol–water partition coefficient (Wildman–Crippen LogP) is 3.83. The van der Waals surface area contributed by atoms with Crippen LogP contribution in [0.2, 0.25) is 0 Å². The van der Waals surface area contributed by atoms with E-state index in [9.17, 15) is 13.9 Å². The standard InChI is InChI=1S/C18H16BrF2N2O2S/c19-13-3-5-14(6-4-13)22-11-18(24,23-9-10-26-17(22)23)12-1-7-15(8-2-12)25-16(20)21/h1-8,16,24H,9-11H2/q+1. The molecule has 4 rings (SSSR count). The normalized spacial score (nSPS) is 22.3. The number of anilines is 1. The minimum absolute atomic E-state index is 0.0788. The zero-order valence-electron chi connectivity index (χ0n) is 13.6. The lowest BCUT2D eigenvalue weighted by Crippen LogP contribution is -2.41. The monoisotopic (exact) mass is 441 g/mol. The van der Waals surface area contributed by atoms with Crippen LogP contribution < -0.4 is 9.64 Å². The van der Waals surface area contributed by atoms with E-state index in [4.69, 9.17) is 0 Å². The Balaban J connectivity index is 1.67. The van der Waals surface area contributed by atoms with Gasteiger partial charge in [-0.1, -0.05) is 15.9 Å². The van der Waals surface area contributed by atoms with Gasteiger partial charge < -0.3 is 9.84 Å². The van der Waals surface area contributed by atoms with Gasteiger partial charge in [0.15, 0.2) is 6.54 Å². The molecule has 1 atom stereocenters. The second-order valence-corrected chi connectivity index (χ2v) is 8.04. The molecule has 2 heterocycles. The fourth-order valence-electron chi connectivity index (χ4n) is 3.32. The summed E-state index contributed by atoms with van der Waals surface area (Å²) in [4.78, 5) is 2.09. The van der Waals surface area contributed by atoms with Crippen molar-refractivity contribution in [1.29, 1.82) is 0 Å². The molecule has 0 fully saturated rings. The Bertz CT molecular complexity index is 845. The molecule has 0 radical (unpaired) electrons. The van der Waals surface area contributed by atoms with Crippen LogP contribution in [0.15, 0.2) is 53.0 Å². The van der Waals surface area contributed by atoms with Crippen molar-refractivity contribution in [3.8, 4) is 5.75 Å². The molecule has 2 aromatic carbocycles. The largest absolute Gasteiger partial charge is 0.435 e. The van der Waals surface area contributed by atoms with Gasteiger partial charge in [0.25, 0.3) is 5.72 Å². The molecular formula is C18H16BrF2N2O2S+. The Labute approximate surface area is 162 Å². The first-order chi connectivity index (χ1) is 12.5. The van der Waals surface area contributed by atoms with Gasteiger partial charge in [-0.15, -0.1) is 0 Å². The van der Waals surface area contributed by atoms with Crippen molar-refractivity contribution in [2.45, 2.75) is 12.3 Å². The Hall–Kier alpha value is -1.64.